The molecule has 0 aliphatic carbocycles. The molecule has 2 amide bonds. The zero-order chi connectivity index (χ0) is 18.5. The first kappa shape index (κ1) is 18.8. The number of nitrogens with one attached hydrogen (secondary N) is 1. The summed E-state index contributed by atoms with van der Waals surface area (Å²) in [6, 6.07) is 4.09. The van der Waals surface area contributed by atoms with Gasteiger partial charge in [-0.15, -0.1) is 0 Å². The molecule has 2 atom stereocenters. The van der Waals surface area contributed by atoms with Crippen LogP contribution in [0.15, 0.2) is 24.5 Å². The van der Waals surface area contributed by atoms with Crippen LogP contribution in [-0.2, 0) is 20.7 Å². The number of ether oxygens (including phenoxy) is 1. The molecule has 0 spiro atoms. The molecular weight excluding hydrogens is 330 g/mol. The molecule has 6 heteroatoms. The van der Waals surface area contributed by atoms with E-state index in [1.54, 1.807) is 12.4 Å². The van der Waals surface area contributed by atoms with E-state index >= 15 is 0 Å². The molecule has 0 bridgehead atoms. The first-order valence-electron chi connectivity index (χ1n) is 9.60. The predicted octanol–water partition coefficient (Wildman–Crippen LogP) is 1.65. The minimum Gasteiger partial charge on any atom is -0.379 e. The first-order valence-corrected chi connectivity index (χ1v) is 9.60. The first-order chi connectivity index (χ1) is 12.5. The van der Waals surface area contributed by atoms with Gasteiger partial charge in [0.1, 0.15) is 0 Å². The number of rotatable bonds is 5. The fourth-order valence-electron chi connectivity index (χ4n) is 3.81. The minimum absolute atomic E-state index is 0.00612. The van der Waals surface area contributed by atoms with Crippen molar-refractivity contribution in [3.63, 3.8) is 0 Å². The van der Waals surface area contributed by atoms with Crippen LogP contribution in [0.4, 0.5) is 0 Å². The summed E-state index contributed by atoms with van der Waals surface area (Å²) >= 11 is 0. The maximum absolute atomic E-state index is 12.7. The molecule has 142 valence electrons. The third kappa shape index (κ3) is 4.61. The minimum atomic E-state index is -0.00612. The highest BCUT2D eigenvalue weighted by molar-refractivity contribution is 5.81. The standard InChI is InChI=1S/C20H29N3O3/c1-14(2)20(25)23-9-5-16(6-10-23)19(24)22-18-13-26-12-17(18)11-15-3-7-21-8-4-15/h3-4,7-8,14,16-18H,5-6,9-13H2,1-2H3,(H,22,24)/t17-,18-/m1/s1. The summed E-state index contributed by atoms with van der Waals surface area (Å²) in [6.07, 6.45) is 5.96. The second kappa shape index (κ2) is 8.62. The molecule has 0 aromatic carbocycles. The van der Waals surface area contributed by atoms with Gasteiger partial charge in [-0.2, -0.15) is 0 Å². The lowest BCUT2D eigenvalue weighted by Gasteiger charge is -2.33. The van der Waals surface area contributed by atoms with E-state index in [1.165, 1.54) is 5.56 Å². The van der Waals surface area contributed by atoms with Crippen molar-refractivity contribution >= 4 is 11.8 Å². The summed E-state index contributed by atoms with van der Waals surface area (Å²) in [4.78, 5) is 30.7. The van der Waals surface area contributed by atoms with E-state index < -0.39 is 0 Å². The molecule has 0 saturated carbocycles. The molecule has 2 saturated heterocycles. The Morgan fingerprint density at radius 1 is 1.23 bits per heavy atom. The van der Waals surface area contributed by atoms with Crippen LogP contribution in [0.2, 0.25) is 0 Å². The zero-order valence-electron chi connectivity index (χ0n) is 15.7. The van der Waals surface area contributed by atoms with Crippen LogP contribution < -0.4 is 5.32 Å². The summed E-state index contributed by atoms with van der Waals surface area (Å²) in [6.45, 7) is 6.45. The molecule has 0 unspecified atom stereocenters. The second-order valence-electron chi connectivity index (χ2n) is 7.73. The maximum atomic E-state index is 12.7. The highest BCUT2D eigenvalue weighted by Crippen LogP contribution is 2.22. The van der Waals surface area contributed by atoms with Crippen LogP contribution in [-0.4, -0.2) is 54.0 Å². The van der Waals surface area contributed by atoms with Crippen molar-refractivity contribution in [1.29, 1.82) is 0 Å². The van der Waals surface area contributed by atoms with E-state index in [2.05, 4.69) is 10.3 Å². The number of amides is 2. The quantitative estimate of drug-likeness (QED) is 0.868. The van der Waals surface area contributed by atoms with Gasteiger partial charge in [0.2, 0.25) is 11.8 Å². The summed E-state index contributed by atoms with van der Waals surface area (Å²) < 4.78 is 5.62. The average molecular weight is 359 g/mol. The lowest BCUT2D eigenvalue weighted by molar-refractivity contribution is -0.138. The van der Waals surface area contributed by atoms with Gasteiger partial charge in [0, 0.05) is 43.2 Å². The van der Waals surface area contributed by atoms with Gasteiger partial charge in [-0.05, 0) is 37.0 Å². The molecule has 1 N–H and O–H groups in total. The van der Waals surface area contributed by atoms with Crippen LogP contribution in [0.25, 0.3) is 0 Å². The number of piperidine rings is 1. The Morgan fingerprint density at radius 2 is 1.92 bits per heavy atom. The number of aromatic nitrogens is 1. The Morgan fingerprint density at radius 3 is 2.58 bits per heavy atom. The number of hydrogen-bond donors (Lipinski definition) is 1. The molecule has 1 aromatic rings. The molecule has 3 heterocycles. The van der Waals surface area contributed by atoms with Gasteiger partial charge in [-0.3, -0.25) is 14.6 Å². The Labute approximate surface area is 155 Å². The van der Waals surface area contributed by atoms with E-state index in [0.717, 1.165) is 19.3 Å². The van der Waals surface area contributed by atoms with Crippen LogP contribution in [0.3, 0.4) is 0 Å². The number of carbonyl (C=O) groups excluding carboxylic acids is 2. The SMILES string of the molecule is CC(C)C(=O)N1CCC(C(=O)N[C@@H]2COC[C@H]2Cc2ccncc2)CC1. The number of likely N-dealkylation sites (tertiary alicyclic amines) is 1. The van der Waals surface area contributed by atoms with E-state index in [0.29, 0.717) is 32.2 Å². The fourth-order valence-corrected chi connectivity index (χ4v) is 3.81. The Kier molecular flexibility index (Phi) is 6.25. The molecule has 3 rings (SSSR count). The lowest BCUT2D eigenvalue weighted by Crippen LogP contribution is -2.48. The van der Waals surface area contributed by atoms with Crippen molar-refractivity contribution < 1.29 is 14.3 Å². The normalized spacial score (nSPS) is 24.0. The number of nitrogens with zero attached hydrogens (tertiary/aromatic N) is 2. The highest BCUT2D eigenvalue weighted by atomic mass is 16.5. The summed E-state index contributed by atoms with van der Waals surface area (Å²) in [5.41, 5.74) is 1.22. The van der Waals surface area contributed by atoms with Gasteiger partial charge in [-0.1, -0.05) is 13.8 Å². The lowest BCUT2D eigenvalue weighted by atomic mass is 9.92. The van der Waals surface area contributed by atoms with Crippen LogP contribution in [0, 0.1) is 17.8 Å². The summed E-state index contributed by atoms with van der Waals surface area (Å²) in [5.74, 6) is 0.602. The molecule has 26 heavy (non-hydrogen) atoms. The van der Waals surface area contributed by atoms with Crippen molar-refractivity contribution in [2.45, 2.75) is 39.2 Å². The van der Waals surface area contributed by atoms with Crippen LogP contribution in [0.1, 0.15) is 32.3 Å². The molecule has 2 fully saturated rings. The van der Waals surface area contributed by atoms with E-state index in [9.17, 15) is 9.59 Å². The Hall–Kier alpha value is -1.95. The third-order valence-electron chi connectivity index (χ3n) is 5.44. The van der Waals surface area contributed by atoms with Crippen molar-refractivity contribution in [1.82, 2.24) is 15.2 Å². The summed E-state index contributed by atoms with van der Waals surface area (Å²) in [5, 5.41) is 3.20. The highest BCUT2D eigenvalue weighted by Gasteiger charge is 2.33. The van der Waals surface area contributed by atoms with Crippen molar-refractivity contribution in [2.75, 3.05) is 26.3 Å². The molecule has 2 aliphatic rings. The molecule has 1 aromatic heterocycles. The third-order valence-corrected chi connectivity index (χ3v) is 5.44. The number of hydrogen-bond acceptors (Lipinski definition) is 4. The smallest absolute Gasteiger partial charge is 0.225 e. The van der Waals surface area contributed by atoms with Gasteiger partial charge in [0.25, 0.3) is 0 Å². The van der Waals surface area contributed by atoms with E-state index in [-0.39, 0.29) is 29.7 Å². The average Bonchev–Trinajstić information content (AvgIpc) is 3.08. The molecule has 6 nitrogen and oxygen atoms in total. The Bertz CT molecular complexity index is 612. The van der Waals surface area contributed by atoms with Crippen LogP contribution >= 0.6 is 0 Å². The fraction of sp³-hybridized carbons (Fsp3) is 0.650. The van der Waals surface area contributed by atoms with E-state index in [4.69, 9.17) is 4.74 Å². The topological polar surface area (TPSA) is 71.5 Å². The van der Waals surface area contributed by atoms with Crippen molar-refractivity contribution in [3.05, 3.63) is 30.1 Å². The Balaban J connectivity index is 1.49. The van der Waals surface area contributed by atoms with E-state index in [1.807, 2.05) is 30.9 Å². The van der Waals surface area contributed by atoms with Gasteiger partial charge in [-0.25, -0.2) is 0 Å². The van der Waals surface area contributed by atoms with Gasteiger partial charge in [0.05, 0.1) is 19.3 Å². The molecular formula is C20H29N3O3. The molecule has 0 radical (unpaired) electrons. The summed E-state index contributed by atoms with van der Waals surface area (Å²) in [7, 11) is 0. The number of carbonyl (C=O) groups is 2. The van der Waals surface area contributed by atoms with Gasteiger partial charge < -0.3 is 15.0 Å². The molecule has 2 aliphatic heterocycles. The maximum Gasteiger partial charge on any atom is 0.225 e. The van der Waals surface area contributed by atoms with Gasteiger partial charge >= 0.3 is 0 Å². The second-order valence-corrected chi connectivity index (χ2v) is 7.73. The zero-order valence-corrected chi connectivity index (χ0v) is 15.7. The van der Waals surface area contributed by atoms with Crippen molar-refractivity contribution in [3.8, 4) is 0 Å². The van der Waals surface area contributed by atoms with Crippen molar-refractivity contribution in [2.24, 2.45) is 17.8 Å². The van der Waals surface area contributed by atoms with Crippen LogP contribution in [0.5, 0.6) is 0 Å². The largest absolute Gasteiger partial charge is 0.379 e. The predicted molar refractivity (Wildman–Crippen MR) is 98.3 cm³/mol. The monoisotopic (exact) mass is 359 g/mol. The number of pyridine rings is 1. The van der Waals surface area contributed by atoms with Gasteiger partial charge in [0.15, 0.2) is 0 Å².